The number of fused-ring (bicyclic) bond motifs is 1. The molecular formula is C25H24FN5O4S2. The normalized spacial score (nSPS) is 16.2. The molecule has 2 heterocycles. The van der Waals surface area contributed by atoms with Crippen LogP contribution in [0.25, 0.3) is 11.1 Å². The minimum Gasteiger partial charge on any atom is -0.408 e. The highest BCUT2D eigenvalue weighted by atomic mass is 32.2. The van der Waals surface area contributed by atoms with Crippen LogP contribution in [-0.4, -0.2) is 27.9 Å². The zero-order valence-electron chi connectivity index (χ0n) is 19.9. The van der Waals surface area contributed by atoms with E-state index in [2.05, 4.69) is 25.9 Å². The molecule has 0 spiro atoms. The largest absolute Gasteiger partial charge is 0.420 e. The van der Waals surface area contributed by atoms with Crippen molar-refractivity contribution >= 4 is 37.8 Å². The van der Waals surface area contributed by atoms with E-state index < -0.39 is 38.1 Å². The Morgan fingerprint density at radius 1 is 1.24 bits per heavy atom. The van der Waals surface area contributed by atoms with E-state index in [1.807, 2.05) is 24.3 Å². The van der Waals surface area contributed by atoms with Gasteiger partial charge in [-0.15, -0.1) is 0 Å². The quantitative estimate of drug-likeness (QED) is 0.365. The molecule has 37 heavy (non-hydrogen) atoms. The minimum atomic E-state index is -4.33. The number of hydrogen-bond donors (Lipinski definition) is 2. The Kier molecular flexibility index (Phi) is 6.61. The lowest BCUT2D eigenvalue weighted by molar-refractivity contribution is 0.370. The molecule has 0 bridgehead atoms. The molecule has 1 fully saturated rings. The van der Waals surface area contributed by atoms with Gasteiger partial charge in [0.25, 0.3) is 10.0 Å². The Bertz CT molecular complexity index is 1680. The molecular weight excluding hydrogens is 517 g/mol. The van der Waals surface area contributed by atoms with Crippen molar-refractivity contribution in [1.29, 1.82) is 0 Å². The van der Waals surface area contributed by atoms with Crippen LogP contribution in [0.4, 0.5) is 9.52 Å². The van der Waals surface area contributed by atoms with Crippen LogP contribution < -0.4 is 16.2 Å². The van der Waals surface area contributed by atoms with Crippen LogP contribution in [0.3, 0.4) is 0 Å². The third-order valence-corrected chi connectivity index (χ3v) is 8.59. The Morgan fingerprint density at radius 3 is 2.73 bits per heavy atom. The molecule has 5 rings (SSSR count). The van der Waals surface area contributed by atoms with E-state index >= 15 is 4.39 Å². The van der Waals surface area contributed by atoms with Crippen LogP contribution in [0.15, 0.2) is 56.8 Å². The molecule has 0 unspecified atom stereocenters. The average molecular weight is 542 g/mol. The van der Waals surface area contributed by atoms with E-state index in [1.54, 1.807) is 6.92 Å². The van der Waals surface area contributed by atoms with Crippen molar-refractivity contribution in [1.82, 2.24) is 13.9 Å². The van der Waals surface area contributed by atoms with Gasteiger partial charge >= 0.3 is 5.76 Å². The molecule has 1 saturated carbocycles. The zero-order valence-corrected chi connectivity index (χ0v) is 21.5. The van der Waals surface area contributed by atoms with Crippen molar-refractivity contribution < 1.29 is 17.2 Å². The van der Waals surface area contributed by atoms with Gasteiger partial charge in [0.1, 0.15) is 17.0 Å². The summed E-state index contributed by atoms with van der Waals surface area (Å²) in [6.45, 7) is 1.77. The number of nitrogens with zero attached hydrogens (tertiary/aromatic N) is 3. The summed E-state index contributed by atoms with van der Waals surface area (Å²) in [6, 6.07) is 8.76. The van der Waals surface area contributed by atoms with Gasteiger partial charge < -0.3 is 10.2 Å². The van der Waals surface area contributed by atoms with E-state index in [9.17, 15) is 13.2 Å². The maximum atomic E-state index is 15.1. The van der Waals surface area contributed by atoms with Crippen LogP contribution in [0, 0.1) is 17.7 Å². The number of sulfonamides is 1. The summed E-state index contributed by atoms with van der Waals surface area (Å²) >= 11 is 0.806. The molecule has 2 aromatic carbocycles. The summed E-state index contributed by atoms with van der Waals surface area (Å²) in [6.07, 6.45) is 6.08. The Balaban J connectivity index is 1.53. The molecule has 3 N–H and O–H groups in total. The van der Waals surface area contributed by atoms with E-state index in [4.69, 9.17) is 10.2 Å². The van der Waals surface area contributed by atoms with Gasteiger partial charge in [0, 0.05) is 29.2 Å². The van der Waals surface area contributed by atoms with Crippen molar-refractivity contribution in [3.63, 3.8) is 0 Å². The minimum absolute atomic E-state index is 0.0163. The van der Waals surface area contributed by atoms with Gasteiger partial charge in [-0.05, 0) is 31.4 Å². The molecule has 2 aromatic heterocycles. The lowest BCUT2D eigenvalue weighted by Crippen LogP contribution is -2.40. The van der Waals surface area contributed by atoms with Gasteiger partial charge in [-0.3, -0.25) is 9.29 Å². The molecule has 192 valence electrons. The second-order valence-corrected chi connectivity index (χ2v) is 11.5. The van der Waals surface area contributed by atoms with Gasteiger partial charge in [0.05, 0.1) is 17.1 Å². The molecule has 9 nitrogen and oxygen atoms in total. The fourth-order valence-corrected chi connectivity index (χ4v) is 6.35. The number of hydrogen-bond acceptors (Lipinski definition) is 8. The number of anilines is 1. The summed E-state index contributed by atoms with van der Waals surface area (Å²) in [5, 5.41) is -0.0163. The smallest absolute Gasteiger partial charge is 0.408 e. The third-order valence-electron chi connectivity index (χ3n) is 6.53. The first kappa shape index (κ1) is 25.1. The predicted octanol–water partition coefficient (Wildman–Crippen LogP) is 4.01. The van der Waals surface area contributed by atoms with Gasteiger partial charge in [-0.1, -0.05) is 49.3 Å². The number of nitrogens with one attached hydrogen (secondary N) is 1. The maximum absolute atomic E-state index is 15.1. The number of aromatic nitrogens is 3. The highest BCUT2D eigenvalue weighted by Crippen LogP contribution is 2.30. The Labute approximate surface area is 216 Å². The zero-order chi connectivity index (χ0) is 26.2. The Hall–Kier alpha value is -3.53. The fraction of sp³-hybridized carbons (Fsp3) is 0.320. The monoisotopic (exact) mass is 541 g/mol. The second kappa shape index (κ2) is 9.74. The third kappa shape index (κ3) is 5.02. The van der Waals surface area contributed by atoms with E-state index in [0.29, 0.717) is 5.56 Å². The van der Waals surface area contributed by atoms with E-state index in [0.717, 1.165) is 61.3 Å². The summed E-state index contributed by atoms with van der Waals surface area (Å²) in [4.78, 5) is 16.0. The maximum Gasteiger partial charge on any atom is 0.420 e. The van der Waals surface area contributed by atoms with Crippen LogP contribution in [0.5, 0.6) is 0 Å². The van der Waals surface area contributed by atoms with Gasteiger partial charge in [-0.2, -0.15) is 4.37 Å². The van der Waals surface area contributed by atoms with Crippen molar-refractivity contribution in [3.8, 4) is 11.8 Å². The second-order valence-electron chi connectivity index (χ2n) is 9.07. The van der Waals surface area contributed by atoms with Crippen LogP contribution in [0.2, 0.25) is 0 Å². The summed E-state index contributed by atoms with van der Waals surface area (Å²) in [5.74, 6) is 4.64. The Morgan fingerprint density at radius 2 is 2.00 bits per heavy atom. The molecule has 12 heteroatoms. The predicted molar refractivity (Wildman–Crippen MR) is 138 cm³/mol. The average Bonchev–Trinajstić information content (AvgIpc) is 3.48. The first-order chi connectivity index (χ1) is 17.7. The summed E-state index contributed by atoms with van der Waals surface area (Å²) in [5.41, 5.74) is 7.43. The van der Waals surface area contributed by atoms with Gasteiger partial charge in [0.15, 0.2) is 5.58 Å². The summed E-state index contributed by atoms with van der Waals surface area (Å²) in [7, 11) is -4.33. The van der Waals surface area contributed by atoms with Gasteiger partial charge in [0.2, 0.25) is 5.13 Å². The fourth-order valence-electron chi connectivity index (χ4n) is 4.61. The van der Waals surface area contributed by atoms with Crippen LogP contribution in [0.1, 0.15) is 56.2 Å². The van der Waals surface area contributed by atoms with Crippen molar-refractivity contribution in [2.75, 3.05) is 4.72 Å². The SMILES string of the molecule is C[C@H](c1ccccc1C#CC1(N)CCCCC1)n1c(=O)oc2cc(S(=O)(=O)Nc3ncns3)c(F)cc21. The molecule has 0 aliphatic heterocycles. The van der Waals surface area contributed by atoms with Crippen molar-refractivity contribution in [2.45, 2.75) is 55.5 Å². The molecule has 1 aliphatic carbocycles. The molecule has 0 saturated heterocycles. The van der Waals surface area contributed by atoms with Gasteiger partial charge in [-0.25, -0.2) is 22.6 Å². The van der Waals surface area contributed by atoms with Crippen LogP contribution in [-0.2, 0) is 10.0 Å². The van der Waals surface area contributed by atoms with E-state index in [-0.39, 0.29) is 16.2 Å². The molecule has 1 atom stereocenters. The molecule has 4 aromatic rings. The highest BCUT2D eigenvalue weighted by Gasteiger charge is 2.27. The standard InChI is InChI=1S/C25H24FN5O4S2/c1-16(18-8-4-3-7-17(18)9-12-25(27)10-5-2-6-11-25)31-20-13-19(26)22(14-21(20)35-24(31)32)37(33,34)30-23-28-15-29-36-23/h3-4,7-8,13-16H,2,5-6,10-11,27H2,1H3,(H,28,29,30)/t16-/m1/s1. The topological polar surface area (TPSA) is 133 Å². The first-order valence-corrected chi connectivity index (χ1v) is 14.0. The van der Waals surface area contributed by atoms with Crippen LogP contribution >= 0.6 is 11.5 Å². The highest BCUT2D eigenvalue weighted by molar-refractivity contribution is 7.93. The van der Waals surface area contributed by atoms with E-state index in [1.165, 1.54) is 10.9 Å². The van der Waals surface area contributed by atoms with Crippen molar-refractivity contribution in [2.24, 2.45) is 5.73 Å². The number of benzene rings is 2. The lowest BCUT2D eigenvalue weighted by Gasteiger charge is -2.27. The lowest BCUT2D eigenvalue weighted by atomic mass is 9.83. The van der Waals surface area contributed by atoms with Crippen molar-refractivity contribution in [3.05, 3.63) is 70.2 Å². The molecule has 0 radical (unpaired) electrons. The molecule has 1 aliphatic rings. The first-order valence-electron chi connectivity index (χ1n) is 11.7. The number of oxazole rings is 1. The number of rotatable bonds is 5. The summed E-state index contributed by atoms with van der Waals surface area (Å²) < 4.78 is 53.1. The molecule has 0 amide bonds. The number of nitrogens with two attached hydrogens (primary N) is 1. The number of halogens is 1.